The van der Waals surface area contributed by atoms with E-state index in [0.717, 1.165) is 28.0 Å². The van der Waals surface area contributed by atoms with Gasteiger partial charge in [0, 0.05) is 31.5 Å². The molecular weight excluding hydrogens is 292 g/mol. The molecule has 2 aromatic rings. The molecule has 1 aromatic heterocycles. The van der Waals surface area contributed by atoms with E-state index >= 15 is 0 Å². The fraction of sp³-hybridized carbons (Fsp3) is 0.214. The van der Waals surface area contributed by atoms with E-state index in [-0.39, 0.29) is 0 Å². The highest BCUT2D eigenvalue weighted by Gasteiger charge is 2.08. The number of rotatable bonds is 4. The van der Waals surface area contributed by atoms with E-state index in [1.165, 1.54) is 0 Å². The lowest BCUT2D eigenvalue weighted by Crippen LogP contribution is -2.17. The van der Waals surface area contributed by atoms with Crippen LogP contribution in [0.15, 0.2) is 47.2 Å². The maximum atomic E-state index is 5.36. The van der Waals surface area contributed by atoms with Gasteiger partial charge < -0.3 is 9.64 Å². The van der Waals surface area contributed by atoms with Gasteiger partial charge in [0.05, 0.1) is 17.3 Å². The van der Waals surface area contributed by atoms with Crippen molar-refractivity contribution >= 4 is 21.6 Å². The summed E-state index contributed by atoms with van der Waals surface area (Å²) in [6, 6.07) is 10.0. The van der Waals surface area contributed by atoms with Gasteiger partial charge in [-0.05, 0) is 28.1 Å². The second-order valence-electron chi connectivity index (χ2n) is 3.99. The summed E-state index contributed by atoms with van der Waals surface area (Å²) in [5.41, 5.74) is 2.27. The van der Waals surface area contributed by atoms with Crippen molar-refractivity contribution in [2.75, 3.05) is 19.1 Å². The summed E-state index contributed by atoms with van der Waals surface area (Å²) >= 11 is 3.51. The quantitative estimate of drug-likeness (QED) is 0.864. The first-order valence-electron chi connectivity index (χ1n) is 5.65. The van der Waals surface area contributed by atoms with Gasteiger partial charge in [-0.1, -0.05) is 18.2 Å². The van der Waals surface area contributed by atoms with E-state index in [0.29, 0.717) is 0 Å². The van der Waals surface area contributed by atoms with Gasteiger partial charge >= 0.3 is 0 Å². The van der Waals surface area contributed by atoms with Crippen molar-refractivity contribution in [1.29, 1.82) is 0 Å². The summed E-state index contributed by atoms with van der Waals surface area (Å²) < 4.78 is 6.35. The number of para-hydroxylation sites is 1. The first-order chi connectivity index (χ1) is 8.72. The lowest BCUT2D eigenvalue weighted by Gasteiger charge is -2.21. The maximum Gasteiger partial charge on any atom is 0.123 e. The standard InChI is InChI=1S/C14H15BrN2O/c1-17(13-7-8-16-9-12(13)15)10-11-5-3-4-6-14(11)18-2/h3-9H,10H2,1-2H3. The molecule has 0 aliphatic carbocycles. The molecule has 0 unspecified atom stereocenters. The van der Waals surface area contributed by atoms with Crippen molar-refractivity contribution in [2.24, 2.45) is 0 Å². The molecule has 0 radical (unpaired) electrons. The molecule has 0 aliphatic rings. The van der Waals surface area contributed by atoms with Crippen molar-refractivity contribution < 1.29 is 4.74 Å². The van der Waals surface area contributed by atoms with Crippen LogP contribution in [0.3, 0.4) is 0 Å². The number of benzene rings is 1. The molecule has 2 rings (SSSR count). The third-order valence-electron chi connectivity index (χ3n) is 2.76. The summed E-state index contributed by atoms with van der Waals surface area (Å²) in [6.45, 7) is 0.784. The molecule has 18 heavy (non-hydrogen) atoms. The average Bonchev–Trinajstić information content (AvgIpc) is 2.39. The number of halogens is 1. The Morgan fingerprint density at radius 3 is 2.78 bits per heavy atom. The Morgan fingerprint density at radius 2 is 2.06 bits per heavy atom. The summed E-state index contributed by atoms with van der Waals surface area (Å²) in [5.74, 6) is 0.912. The van der Waals surface area contributed by atoms with E-state index in [1.54, 1.807) is 19.5 Å². The third kappa shape index (κ3) is 2.82. The Bertz CT molecular complexity index is 531. The number of ether oxygens (including phenoxy) is 1. The minimum absolute atomic E-state index is 0.784. The Hall–Kier alpha value is -1.55. The molecule has 0 atom stereocenters. The average molecular weight is 307 g/mol. The summed E-state index contributed by atoms with van der Waals surface area (Å²) in [7, 11) is 3.74. The van der Waals surface area contributed by atoms with Crippen LogP contribution >= 0.6 is 15.9 Å². The van der Waals surface area contributed by atoms with Crippen LogP contribution in [0.25, 0.3) is 0 Å². The van der Waals surface area contributed by atoms with Crippen LogP contribution in [0.4, 0.5) is 5.69 Å². The number of hydrogen-bond donors (Lipinski definition) is 0. The SMILES string of the molecule is COc1ccccc1CN(C)c1ccncc1Br. The first kappa shape index (κ1) is 12.9. The van der Waals surface area contributed by atoms with Crippen LogP contribution in [0.1, 0.15) is 5.56 Å². The topological polar surface area (TPSA) is 25.4 Å². The van der Waals surface area contributed by atoms with E-state index in [1.807, 2.05) is 31.3 Å². The molecular formula is C14H15BrN2O. The van der Waals surface area contributed by atoms with Crippen molar-refractivity contribution in [3.63, 3.8) is 0 Å². The minimum atomic E-state index is 0.784. The molecule has 0 saturated carbocycles. The van der Waals surface area contributed by atoms with Gasteiger partial charge in [0.25, 0.3) is 0 Å². The van der Waals surface area contributed by atoms with Crippen LogP contribution in [0.5, 0.6) is 5.75 Å². The fourth-order valence-electron chi connectivity index (χ4n) is 1.85. The monoisotopic (exact) mass is 306 g/mol. The molecule has 0 saturated heterocycles. The predicted molar refractivity (Wildman–Crippen MR) is 77.0 cm³/mol. The Kier molecular flexibility index (Phi) is 4.20. The number of methoxy groups -OCH3 is 1. The molecule has 94 valence electrons. The first-order valence-corrected chi connectivity index (χ1v) is 6.44. The number of hydrogen-bond acceptors (Lipinski definition) is 3. The highest BCUT2D eigenvalue weighted by Crippen LogP contribution is 2.27. The van der Waals surface area contributed by atoms with E-state index in [2.05, 4.69) is 31.9 Å². The summed E-state index contributed by atoms with van der Waals surface area (Å²) in [5, 5.41) is 0. The molecule has 0 bridgehead atoms. The van der Waals surface area contributed by atoms with Crippen LogP contribution in [0, 0.1) is 0 Å². The van der Waals surface area contributed by atoms with Gasteiger partial charge in [0.2, 0.25) is 0 Å². The van der Waals surface area contributed by atoms with Gasteiger partial charge in [-0.3, -0.25) is 4.98 Å². The normalized spacial score (nSPS) is 10.2. The molecule has 0 fully saturated rings. The van der Waals surface area contributed by atoms with Crippen molar-refractivity contribution in [2.45, 2.75) is 6.54 Å². The molecule has 3 nitrogen and oxygen atoms in total. The highest BCUT2D eigenvalue weighted by molar-refractivity contribution is 9.10. The number of pyridine rings is 1. The summed E-state index contributed by atoms with van der Waals surface area (Å²) in [4.78, 5) is 6.23. The third-order valence-corrected chi connectivity index (χ3v) is 3.37. The molecule has 0 spiro atoms. The Morgan fingerprint density at radius 1 is 1.28 bits per heavy atom. The van der Waals surface area contributed by atoms with Crippen LogP contribution < -0.4 is 9.64 Å². The fourth-order valence-corrected chi connectivity index (χ4v) is 2.40. The zero-order chi connectivity index (χ0) is 13.0. The van der Waals surface area contributed by atoms with E-state index in [9.17, 15) is 0 Å². The van der Waals surface area contributed by atoms with E-state index < -0.39 is 0 Å². The zero-order valence-corrected chi connectivity index (χ0v) is 12.0. The van der Waals surface area contributed by atoms with Crippen molar-refractivity contribution in [1.82, 2.24) is 4.98 Å². The Labute approximate surface area is 116 Å². The maximum absolute atomic E-state index is 5.36. The molecule has 0 aliphatic heterocycles. The largest absolute Gasteiger partial charge is 0.496 e. The molecule has 4 heteroatoms. The number of aromatic nitrogens is 1. The number of nitrogens with zero attached hydrogens (tertiary/aromatic N) is 2. The van der Waals surface area contributed by atoms with Crippen molar-refractivity contribution in [3.8, 4) is 5.75 Å². The lowest BCUT2D eigenvalue weighted by atomic mass is 10.2. The van der Waals surface area contributed by atoms with Gasteiger partial charge in [0.1, 0.15) is 5.75 Å². The van der Waals surface area contributed by atoms with Gasteiger partial charge in [0.15, 0.2) is 0 Å². The molecule has 1 heterocycles. The molecule has 1 aromatic carbocycles. The van der Waals surface area contributed by atoms with Crippen molar-refractivity contribution in [3.05, 3.63) is 52.8 Å². The highest BCUT2D eigenvalue weighted by atomic mass is 79.9. The van der Waals surface area contributed by atoms with Gasteiger partial charge in [-0.15, -0.1) is 0 Å². The predicted octanol–water partition coefficient (Wildman–Crippen LogP) is 3.49. The van der Waals surface area contributed by atoms with E-state index in [4.69, 9.17) is 4.74 Å². The Balaban J connectivity index is 2.21. The summed E-state index contributed by atoms with van der Waals surface area (Å²) in [6.07, 6.45) is 3.59. The second kappa shape index (κ2) is 5.87. The van der Waals surface area contributed by atoms with Gasteiger partial charge in [-0.2, -0.15) is 0 Å². The lowest BCUT2D eigenvalue weighted by molar-refractivity contribution is 0.409. The molecule has 0 N–H and O–H groups in total. The smallest absolute Gasteiger partial charge is 0.123 e. The molecule has 0 amide bonds. The zero-order valence-electron chi connectivity index (χ0n) is 10.4. The second-order valence-corrected chi connectivity index (χ2v) is 4.85. The number of anilines is 1. The van der Waals surface area contributed by atoms with Crippen LogP contribution in [-0.2, 0) is 6.54 Å². The van der Waals surface area contributed by atoms with Gasteiger partial charge in [-0.25, -0.2) is 0 Å². The van der Waals surface area contributed by atoms with Crippen LogP contribution in [-0.4, -0.2) is 19.1 Å². The minimum Gasteiger partial charge on any atom is -0.496 e. The van der Waals surface area contributed by atoms with Crippen LogP contribution in [0.2, 0.25) is 0 Å².